The van der Waals surface area contributed by atoms with Crippen LogP contribution in [0.5, 0.6) is 5.75 Å². The Morgan fingerprint density at radius 1 is 0.663 bits per heavy atom. The first-order valence-electron chi connectivity index (χ1n) is 29.0. The molecule has 89 heavy (non-hydrogen) atoms. The first-order chi connectivity index (χ1) is 42.2. The van der Waals surface area contributed by atoms with Crippen molar-refractivity contribution in [1.29, 1.82) is 0 Å². The van der Waals surface area contributed by atoms with Crippen molar-refractivity contribution in [3.8, 4) is 5.75 Å². The number of aromatic nitrogens is 1. The fourth-order valence-electron chi connectivity index (χ4n) is 9.88. The fraction of sp³-hybridized carbons (Fsp3) is 0.458. The molecule has 0 radical (unpaired) electrons. The predicted molar refractivity (Wildman–Crippen MR) is 324 cm³/mol. The lowest BCUT2D eigenvalue weighted by Crippen LogP contribution is -2.62. The normalized spacial score (nSPS) is 16.6. The van der Waals surface area contributed by atoms with Gasteiger partial charge in [0.2, 0.25) is 53.2 Å². The second-order valence-electron chi connectivity index (χ2n) is 22.1. The van der Waals surface area contributed by atoms with Crippen molar-refractivity contribution in [3.05, 3.63) is 102 Å². The molecule has 0 bridgehead atoms. The van der Waals surface area contributed by atoms with E-state index in [9.17, 15) is 68.1 Å². The largest absolute Gasteiger partial charge is 0.508 e. The average Bonchev–Trinajstić information content (AvgIpc) is 2.21. The zero-order valence-corrected chi connectivity index (χ0v) is 50.2. The number of aromatic amines is 1. The van der Waals surface area contributed by atoms with Crippen LogP contribution in [0.1, 0.15) is 82.9 Å². The van der Waals surface area contributed by atoms with E-state index in [1.807, 2.05) is 24.3 Å². The zero-order chi connectivity index (χ0) is 65.5. The number of nitrogens with two attached hydrogens (primary N) is 3. The van der Waals surface area contributed by atoms with Crippen molar-refractivity contribution in [2.75, 3.05) is 20.1 Å². The molecule has 1 fully saturated rings. The standard InChI is InChI=1S/C59H82N16O14/c1-31(2)24-44(53(84)67-41(16-11-23-64-58(62)63-5)51(82)69-43(50(61)81)27-36-29-65-40-15-10-9-14-39(36)40)71-59(89)74-73-54(85)45(25-34-12-7-6-8-13-34)70-56(87)49(32(3)76)72-52(83)42(21-22-48(60)80)68-55(86)47-28-38(79)30-75(47)57(88)46(66-33(4)77)26-35-17-19-37(78)20-18-35/h6-10,12-15,17-20,29,31-32,38,41-47,49,65,76,78-79H,11,16,21-28,30H2,1-5H3,(H2,60,80)(H2,61,81)(H,66,77)(H,67,84)(H,68,86)(H,69,82)(H,70,87)(H,72,83)(H,73,85)(H3,62,63,64)(H2,71,74,89)/t32-,38-,41+,42+,43+,44+,45+,46-,47+,49+/m1/s1. The number of hydrogen-bond acceptors (Lipinski definition) is 15. The number of phenolic OH excluding ortho intramolecular Hbond substituents is 1. The molecule has 5 rings (SSSR count). The maximum absolute atomic E-state index is 14.2. The van der Waals surface area contributed by atoms with Gasteiger partial charge in [0.05, 0.1) is 12.2 Å². The van der Waals surface area contributed by atoms with E-state index in [1.165, 1.54) is 38.2 Å². The molecule has 1 aliphatic heterocycles. The quantitative estimate of drug-likeness (QED) is 0.0103. The van der Waals surface area contributed by atoms with E-state index < -0.39 is 138 Å². The molecule has 0 unspecified atom stereocenters. The third kappa shape index (κ3) is 22.1. The van der Waals surface area contributed by atoms with Crippen LogP contribution in [0.3, 0.4) is 0 Å². The number of rotatable bonds is 31. The van der Waals surface area contributed by atoms with Gasteiger partial charge in [-0.15, -0.1) is 0 Å². The number of aliphatic imine (C=N–C) groups is 1. The smallest absolute Gasteiger partial charge is 0.334 e. The van der Waals surface area contributed by atoms with E-state index in [4.69, 9.17) is 17.2 Å². The maximum Gasteiger partial charge on any atom is 0.334 e. The minimum absolute atomic E-state index is 0.0141. The van der Waals surface area contributed by atoms with Crippen LogP contribution in [0.15, 0.2) is 90.1 Å². The molecular weight excluding hydrogens is 1160 g/mol. The maximum atomic E-state index is 14.2. The number of aromatic hydroxyl groups is 1. The number of nitrogens with zero attached hydrogens (tertiary/aromatic N) is 2. The van der Waals surface area contributed by atoms with Gasteiger partial charge in [0, 0.05) is 76.3 Å². The van der Waals surface area contributed by atoms with Crippen molar-refractivity contribution in [2.24, 2.45) is 28.1 Å². The Kier molecular flexibility index (Phi) is 26.6. The molecule has 482 valence electrons. The van der Waals surface area contributed by atoms with Gasteiger partial charge in [-0.25, -0.2) is 10.2 Å². The van der Waals surface area contributed by atoms with Crippen LogP contribution >= 0.6 is 0 Å². The van der Waals surface area contributed by atoms with E-state index in [-0.39, 0.29) is 75.7 Å². The van der Waals surface area contributed by atoms with Gasteiger partial charge in [0.15, 0.2) is 5.96 Å². The van der Waals surface area contributed by atoms with Gasteiger partial charge in [-0.05, 0) is 73.4 Å². The van der Waals surface area contributed by atoms with Crippen LogP contribution in [0.4, 0.5) is 4.79 Å². The van der Waals surface area contributed by atoms with Gasteiger partial charge in [0.1, 0.15) is 54.1 Å². The Morgan fingerprint density at radius 3 is 1.91 bits per heavy atom. The van der Waals surface area contributed by atoms with Crippen LogP contribution < -0.4 is 70.6 Å². The molecule has 0 saturated carbocycles. The number of H-pyrrole nitrogens is 1. The van der Waals surface area contributed by atoms with E-state index in [0.29, 0.717) is 16.7 Å². The minimum atomic E-state index is -1.86. The second kappa shape index (κ2) is 33.9. The zero-order valence-electron chi connectivity index (χ0n) is 50.2. The number of para-hydroxylation sites is 1. The summed E-state index contributed by atoms with van der Waals surface area (Å²) in [5, 5.41) is 52.8. The highest BCUT2D eigenvalue weighted by molar-refractivity contribution is 5.98. The number of hydrogen-bond donors (Lipinski definition) is 17. The molecule has 3 aromatic carbocycles. The van der Waals surface area contributed by atoms with Gasteiger partial charge in [-0.2, -0.15) is 0 Å². The number of fused-ring (bicyclic) bond motifs is 1. The van der Waals surface area contributed by atoms with E-state index in [0.717, 1.165) is 22.7 Å². The molecule has 4 aromatic rings. The average molecular weight is 1240 g/mol. The lowest BCUT2D eigenvalue weighted by Gasteiger charge is -2.30. The highest BCUT2D eigenvalue weighted by atomic mass is 16.3. The monoisotopic (exact) mass is 1240 g/mol. The fourth-order valence-corrected chi connectivity index (χ4v) is 9.88. The Balaban J connectivity index is 1.28. The number of amides is 12. The van der Waals surface area contributed by atoms with Crippen LogP contribution in [-0.4, -0.2) is 177 Å². The molecule has 10 atom stereocenters. The minimum Gasteiger partial charge on any atom is -0.508 e. The summed E-state index contributed by atoms with van der Waals surface area (Å²) < 4.78 is 0. The molecule has 0 spiro atoms. The van der Waals surface area contributed by atoms with Crippen LogP contribution in [0.2, 0.25) is 0 Å². The number of guanidine groups is 1. The molecule has 2 heterocycles. The number of carbonyl (C=O) groups excluding carboxylic acids is 11. The number of β-amino-alcohol motifs (C(OH)–C–C–N with tert-alkyl or cyclic N) is 1. The summed E-state index contributed by atoms with van der Waals surface area (Å²) in [5.41, 5.74) is 23.9. The predicted octanol–water partition coefficient (Wildman–Crippen LogP) is -3.02. The Labute approximate surface area is 513 Å². The van der Waals surface area contributed by atoms with Crippen molar-refractivity contribution in [1.82, 2.24) is 63.3 Å². The molecule has 1 saturated heterocycles. The number of nitrogens with one attached hydrogen (secondary N) is 11. The number of likely N-dealkylation sites (tertiary alicyclic amines) is 1. The van der Waals surface area contributed by atoms with Gasteiger partial charge < -0.3 is 84.9 Å². The first-order valence-corrected chi connectivity index (χ1v) is 29.0. The Hall–Kier alpha value is -9.84. The molecule has 1 aliphatic rings. The van der Waals surface area contributed by atoms with Crippen molar-refractivity contribution >= 4 is 82.0 Å². The number of hydrazine groups is 1. The molecule has 20 N–H and O–H groups in total. The van der Waals surface area contributed by atoms with Gasteiger partial charge in [-0.1, -0.05) is 74.5 Å². The van der Waals surface area contributed by atoms with Gasteiger partial charge in [-0.3, -0.25) is 58.4 Å². The summed E-state index contributed by atoms with van der Waals surface area (Å²) in [6, 6.07) is 8.81. The number of benzene rings is 3. The van der Waals surface area contributed by atoms with Crippen molar-refractivity contribution in [3.63, 3.8) is 0 Å². The summed E-state index contributed by atoms with van der Waals surface area (Å²) in [5.74, 6) is -9.00. The summed E-state index contributed by atoms with van der Waals surface area (Å²) >= 11 is 0. The third-order valence-electron chi connectivity index (χ3n) is 14.4. The van der Waals surface area contributed by atoms with Crippen LogP contribution in [0, 0.1) is 5.92 Å². The lowest BCUT2D eigenvalue weighted by atomic mass is 10.0. The number of aliphatic hydroxyl groups excluding tert-OH is 2. The molecule has 30 nitrogen and oxygen atoms in total. The van der Waals surface area contributed by atoms with Gasteiger partial charge >= 0.3 is 6.03 Å². The topological polar surface area (TPSA) is 478 Å². The highest BCUT2D eigenvalue weighted by Crippen LogP contribution is 2.23. The Bertz CT molecular complexity index is 3160. The van der Waals surface area contributed by atoms with E-state index >= 15 is 0 Å². The SMILES string of the molecule is CN=C(N)NCCC[C@H](NC(=O)[C@H](CC(C)C)NC(=O)NNC(=O)[C@H](Cc1ccccc1)NC(=O)[C@@H](NC(=O)[C@H](CCC(N)=O)NC(=O)[C@@H]1C[C@@H](O)CN1C(=O)[C@@H](Cc1ccc(O)cc1)NC(C)=O)[C@@H](C)O)C(=O)N[C@@H](Cc1c[nH]c2ccccc12)C(N)=O. The van der Waals surface area contributed by atoms with Crippen LogP contribution in [0.25, 0.3) is 10.9 Å². The van der Waals surface area contributed by atoms with Crippen molar-refractivity contribution in [2.45, 2.75) is 146 Å². The molecule has 1 aromatic heterocycles. The second-order valence-corrected chi connectivity index (χ2v) is 22.1. The Morgan fingerprint density at radius 2 is 1.27 bits per heavy atom. The molecule has 30 heteroatoms. The van der Waals surface area contributed by atoms with Crippen molar-refractivity contribution < 1.29 is 68.1 Å². The number of urea groups is 1. The first kappa shape index (κ1) is 69.9. The summed E-state index contributed by atoms with van der Waals surface area (Å²) in [6.07, 6.45) is -2.42. The van der Waals surface area contributed by atoms with Crippen LogP contribution in [-0.2, 0) is 67.2 Å². The summed E-state index contributed by atoms with van der Waals surface area (Å²) in [7, 11) is 1.48. The lowest BCUT2D eigenvalue weighted by molar-refractivity contribution is -0.142. The number of phenols is 1. The number of primary amides is 2. The highest BCUT2D eigenvalue weighted by Gasteiger charge is 2.43. The van der Waals surface area contributed by atoms with Gasteiger partial charge in [0.25, 0.3) is 5.91 Å². The van der Waals surface area contributed by atoms with E-state index in [1.54, 1.807) is 50.4 Å². The summed E-state index contributed by atoms with van der Waals surface area (Å²) in [4.78, 5) is 157. The van der Waals surface area contributed by atoms with E-state index in [2.05, 4.69) is 63.4 Å². The third-order valence-corrected chi connectivity index (χ3v) is 14.4. The number of carbonyl (C=O) groups is 11. The molecule has 12 amide bonds. The summed E-state index contributed by atoms with van der Waals surface area (Å²) in [6.45, 7) is 5.76. The molecular formula is C59H82N16O14. The molecule has 0 aliphatic carbocycles. The number of aliphatic hydroxyl groups is 2.